The smallest absolute Gasteiger partial charge is 0.230 e. The number of aromatic nitrogens is 3. The fourth-order valence-electron chi connectivity index (χ4n) is 0.911. The van der Waals surface area contributed by atoms with Gasteiger partial charge in [-0.1, -0.05) is 5.92 Å². The van der Waals surface area contributed by atoms with Crippen LogP contribution in [0.2, 0.25) is 5.28 Å². The van der Waals surface area contributed by atoms with Gasteiger partial charge in [0.05, 0.1) is 5.54 Å². The van der Waals surface area contributed by atoms with Gasteiger partial charge >= 0.3 is 0 Å². The fourth-order valence-corrected chi connectivity index (χ4v) is 1.07. The van der Waals surface area contributed by atoms with Gasteiger partial charge in [0.1, 0.15) is 0 Å². The van der Waals surface area contributed by atoms with E-state index in [0.717, 1.165) is 0 Å². The summed E-state index contributed by atoms with van der Waals surface area (Å²) >= 11 is 5.79. The minimum absolute atomic E-state index is 0.133. The van der Waals surface area contributed by atoms with Gasteiger partial charge in [-0.15, -0.1) is 6.42 Å². The highest BCUT2D eigenvalue weighted by molar-refractivity contribution is 6.28. The highest BCUT2D eigenvalue weighted by Crippen LogP contribution is 2.15. The molecule has 0 atom stereocenters. The second-order valence-corrected chi connectivity index (χ2v) is 4.35. The minimum Gasteiger partial charge on any atom is -0.347 e. The van der Waals surface area contributed by atoms with Gasteiger partial charge in [0.25, 0.3) is 0 Å². The second kappa shape index (κ2) is 4.54. The molecule has 1 aromatic rings. The van der Waals surface area contributed by atoms with E-state index in [1.807, 2.05) is 27.9 Å². The molecule has 0 amide bonds. The molecule has 0 aliphatic rings. The lowest BCUT2D eigenvalue weighted by Gasteiger charge is -2.20. The SMILES string of the molecule is C#CC(C)(C)Nc1nc(Cl)nc(N(C)C)n1. The average molecular weight is 240 g/mol. The number of nitrogens with one attached hydrogen (secondary N) is 1. The molecular weight excluding hydrogens is 226 g/mol. The standard InChI is InChI=1S/C10H14ClN5/c1-6-10(2,3)15-8-12-7(11)13-9(14-8)16(4)5/h1H,2-5H3,(H,12,13,14,15). The van der Waals surface area contributed by atoms with Crippen molar-refractivity contribution in [2.45, 2.75) is 19.4 Å². The van der Waals surface area contributed by atoms with Crippen molar-refractivity contribution < 1.29 is 0 Å². The molecule has 16 heavy (non-hydrogen) atoms. The van der Waals surface area contributed by atoms with Gasteiger partial charge in [0.15, 0.2) is 0 Å². The minimum atomic E-state index is -0.533. The van der Waals surface area contributed by atoms with Gasteiger partial charge in [-0.3, -0.25) is 0 Å². The fraction of sp³-hybridized carbons (Fsp3) is 0.500. The zero-order chi connectivity index (χ0) is 12.3. The van der Waals surface area contributed by atoms with E-state index in [1.54, 1.807) is 4.90 Å². The van der Waals surface area contributed by atoms with Crippen LogP contribution in [-0.2, 0) is 0 Å². The van der Waals surface area contributed by atoms with E-state index in [1.165, 1.54) is 0 Å². The van der Waals surface area contributed by atoms with Crippen molar-refractivity contribution in [1.29, 1.82) is 0 Å². The third-order valence-electron chi connectivity index (χ3n) is 1.78. The maximum atomic E-state index is 5.79. The van der Waals surface area contributed by atoms with Gasteiger partial charge in [-0.2, -0.15) is 15.0 Å². The topological polar surface area (TPSA) is 53.9 Å². The van der Waals surface area contributed by atoms with Gasteiger partial charge in [-0.05, 0) is 25.4 Å². The van der Waals surface area contributed by atoms with Crippen molar-refractivity contribution in [1.82, 2.24) is 15.0 Å². The molecule has 0 saturated carbocycles. The summed E-state index contributed by atoms with van der Waals surface area (Å²) in [5.74, 6) is 3.44. The van der Waals surface area contributed by atoms with Crippen LogP contribution in [0.5, 0.6) is 0 Å². The summed E-state index contributed by atoms with van der Waals surface area (Å²) in [6.07, 6.45) is 5.36. The highest BCUT2D eigenvalue weighted by atomic mass is 35.5. The molecule has 0 unspecified atom stereocenters. The molecule has 86 valence electrons. The van der Waals surface area contributed by atoms with Gasteiger partial charge in [-0.25, -0.2) is 0 Å². The number of anilines is 2. The largest absolute Gasteiger partial charge is 0.347 e. The summed E-state index contributed by atoms with van der Waals surface area (Å²) in [5, 5.41) is 3.13. The zero-order valence-corrected chi connectivity index (χ0v) is 10.5. The molecule has 1 N–H and O–H groups in total. The van der Waals surface area contributed by atoms with Gasteiger partial charge < -0.3 is 10.2 Å². The summed E-state index contributed by atoms with van der Waals surface area (Å²) in [7, 11) is 3.64. The number of nitrogens with zero attached hydrogens (tertiary/aromatic N) is 4. The maximum Gasteiger partial charge on any atom is 0.230 e. The van der Waals surface area contributed by atoms with E-state index in [2.05, 4.69) is 26.2 Å². The Morgan fingerprint density at radius 1 is 1.31 bits per heavy atom. The number of terminal acetylenes is 1. The Morgan fingerprint density at radius 3 is 2.44 bits per heavy atom. The first kappa shape index (κ1) is 12.5. The van der Waals surface area contributed by atoms with E-state index in [4.69, 9.17) is 18.0 Å². The first-order valence-corrected chi connectivity index (χ1v) is 5.07. The molecule has 0 saturated heterocycles. The van der Waals surface area contributed by atoms with Gasteiger partial charge in [0.2, 0.25) is 17.2 Å². The Balaban J connectivity index is 3.03. The lowest BCUT2D eigenvalue weighted by atomic mass is 10.1. The lowest BCUT2D eigenvalue weighted by molar-refractivity contribution is 0.726. The molecule has 5 nitrogen and oxygen atoms in total. The van der Waals surface area contributed by atoms with E-state index < -0.39 is 5.54 Å². The van der Waals surface area contributed by atoms with Crippen LogP contribution in [0.3, 0.4) is 0 Å². The molecule has 0 aliphatic carbocycles. The first-order chi connectivity index (χ1) is 7.34. The Labute approximate surface area is 100 Å². The monoisotopic (exact) mass is 239 g/mol. The molecule has 0 radical (unpaired) electrons. The van der Waals surface area contributed by atoms with Crippen molar-refractivity contribution in [2.75, 3.05) is 24.3 Å². The van der Waals surface area contributed by atoms with E-state index in [0.29, 0.717) is 11.9 Å². The zero-order valence-electron chi connectivity index (χ0n) is 9.74. The average Bonchev–Trinajstić information content (AvgIpc) is 2.16. The van der Waals surface area contributed by atoms with Crippen LogP contribution in [0.4, 0.5) is 11.9 Å². The van der Waals surface area contributed by atoms with Crippen molar-refractivity contribution in [3.8, 4) is 12.3 Å². The van der Waals surface area contributed by atoms with E-state index >= 15 is 0 Å². The molecule has 0 spiro atoms. The molecule has 1 rings (SSSR count). The summed E-state index contributed by atoms with van der Waals surface area (Å²) in [4.78, 5) is 13.8. The summed E-state index contributed by atoms with van der Waals surface area (Å²) in [6.45, 7) is 3.69. The number of hydrogen-bond donors (Lipinski definition) is 1. The van der Waals surface area contributed by atoms with Crippen LogP contribution in [0, 0.1) is 12.3 Å². The second-order valence-electron chi connectivity index (χ2n) is 4.02. The number of hydrogen-bond acceptors (Lipinski definition) is 5. The predicted molar refractivity (Wildman–Crippen MR) is 65.7 cm³/mol. The highest BCUT2D eigenvalue weighted by Gasteiger charge is 2.16. The van der Waals surface area contributed by atoms with Crippen molar-refractivity contribution in [2.24, 2.45) is 0 Å². The molecule has 6 heteroatoms. The summed E-state index contributed by atoms with van der Waals surface area (Å²) in [5.41, 5.74) is -0.533. The van der Waals surface area contributed by atoms with Crippen LogP contribution >= 0.6 is 11.6 Å². The van der Waals surface area contributed by atoms with Crippen LogP contribution < -0.4 is 10.2 Å². The maximum absolute atomic E-state index is 5.79. The summed E-state index contributed by atoms with van der Waals surface area (Å²) in [6, 6.07) is 0. The summed E-state index contributed by atoms with van der Waals surface area (Å²) < 4.78 is 0. The van der Waals surface area contributed by atoms with Gasteiger partial charge in [0, 0.05) is 14.1 Å². The molecule has 0 aromatic carbocycles. The van der Waals surface area contributed by atoms with E-state index in [9.17, 15) is 0 Å². The molecule has 0 bridgehead atoms. The van der Waals surface area contributed by atoms with Crippen molar-refractivity contribution in [3.05, 3.63) is 5.28 Å². The Kier molecular flexibility index (Phi) is 3.55. The first-order valence-electron chi connectivity index (χ1n) is 4.69. The van der Waals surface area contributed by atoms with Crippen molar-refractivity contribution in [3.63, 3.8) is 0 Å². The Hall–Kier alpha value is -1.54. The normalized spacial score (nSPS) is 10.8. The van der Waals surface area contributed by atoms with Crippen LogP contribution in [0.1, 0.15) is 13.8 Å². The molecule has 0 aliphatic heterocycles. The van der Waals surface area contributed by atoms with Crippen LogP contribution in [-0.4, -0.2) is 34.6 Å². The quantitative estimate of drug-likeness (QED) is 0.809. The number of halogens is 1. The van der Waals surface area contributed by atoms with Crippen molar-refractivity contribution >= 4 is 23.5 Å². The predicted octanol–water partition coefficient (Wildman–Crippen LogP) is 1.41. The molecule has 1 aromatic heterocycles. The third kappa shape index (κ3) is 3.24. The molecular formula is C10H14ClN5. The number of rotatable bonds is 3. The third-order valence-corrected chi connectivity index (χ3v) is 1.95. The molecule has 1 heterocycles. The van der Waals surface area contributed by atoms with Crippen LogP contribution in [0.15, 0.2) is 0 Å². The lowest BCUT2D eigenvalue weighted by Crippen LogP contribution is -2.30. The van der Waals surface area contributed by atoms with E-state index in [-0.39, 0.29) is 5.28 Å². The molecule has 0 fully saturated rings. The Bertz CT molecular complexity index is 422. The Morgan fingerprint density at radius 2 is 1.94 bits per heavy atom. The van der Waals surface area contributed by atoms with Crippen LogP contribution in [0.25, 0.3) is 0 Å².